The Balaban J connectivity index is 2.03. The van der Waals surface area contributed by atoms with Crippen LogP contribution in [0, 0.1) is 5.82 Å². The molecule has 0 aliphatic heterocycles. The van der Waals surface area contributed by atoms with Crippen LogP contribution in [-0.2, 0) is 4.79 Å². The van der Waals surface area contributed by atoms with Crippen LogP contribution in [0.2, 0.25) is 0 Å². The van der Waals surface area contributed by atoms with Gasteiger partial charge in [0.2, 0.25) is 5.91 Å². The van der Waals surface area contributed by atoms with Crippen LogP contribution in [0.1, 0.15) is 26.2 Å². The molecule has 19 heavy (non-hydrogen) atoms. The Bertz CT molecular complexity index is 467. The summed E-state index contributed by atoms with van der Waals surface area (Å²) in [4.78, 5) is 11.6. The van der Waals surface area contributed by atoms with E-state index in [4.69, 9.17) is 10.5 Å². The van der Waals surface area contributed by atoms with Gasteiger partial charge in [0.1, 0.15) is 23.2 Å². The Labute approximate surface area is 112 Å². The summed E-state index contributed by atoms with van der Waals surface area (Å²) in [6, 6.07) is 6.03. The Kier molecular flexibility index (Phi) is 4.04. The number of likely N-dealkylation sites (N-methyl/N-ethyl adjacent to an activating group) is 1. The molecule has 0 saturated heterocycles. The van der Waals surface area contributed by atoms with Crippen LogP contribution in [-0.4, -0.2) is 24.1 Å². The van der Waals surface area contributed by atoms with Crippen molar-refractivity contribution in [1.82, 2.24) is 5.32 Å². The highest BCUT2D eigenvalue weighted by Crippen LogP contribution is 2.32. The molecule has 2 atom stereocenters. The second-order valence-corrected chi connectivity index (χ2v) is 4.92. The number of benzene rings is 1. The molecule has 0 radical (unpaired) electrons. The summed E-state index contributed by atoms with van der Waals surface area (Å²) in [6.07, 6.45) is 1.78. The van der Waals surface area contributed by atoms with E-state index in [-0.39, 0.29) is 17.8 Å². The van der Waals surface area contributed by atoms with Crippen LogP contribution in [0.5, 0.6) is 5.75 Å². The lowest BCUT2D eigenvalue weighted by molar-refractivity contribution is -0.124. The second-order valence-electron chi connectivity index (χ2n) is 4.92. The minimum atomic E-state index is -0.688. The second kappa shape index (κ2) is 5.57. The smallest absolute Gasteiger partial charge is 0.237 e. The molecule has 0 heterocycles. The van der Waals surface area contributed by atoms with E-state index in [0.717, 1.165) is 6.42 Å². The van der Waals surface area contributed by atoms with Crippen LogP contribution in [0.15, 0.2) is 24.3 Å². The third-order valence-corrected chi connectivity index (χ3v) is 3.55. The first kappa shape index (κ1) is 13.8. The van der Waals surface area contributed by atoms with Crippen molar-refractivity contribution in [1.29, 1.82) is 0 Å². The van der Waals surface area contributed by atoms with Gasteiger partial charge in [-0.3, -0.25) is 4.79 Å². The van der Waals surface area contributed by atoms with Crippen molar-refractivity contribution in [2.45, 2.75) is 37.8 Å². The molecule has 1 saturated carbocycles. The third kappa shape index (κ3) is 3.04. The molecule has 1 aromatic rings. The van der Waals surface area contributed by atoms with Gasteiger partial charge >= 0.3 is 0 Å². The Morgan fingerprint density at radius 3 is 3.05 bits per heavy atom. The van der Waals surface area contributed by atoms with E-state index in [9.17, 15) is 9.18 Å². The van der Waals surface area contributed by atoms with Gasteiger partial charge < -0.3 is 15.8 Å². The van der Waals surface area contributed by atoms with Crippen molar-refractivity contribution >= 4 is 5.91 Å². The van der Waals surface area contributed by atoms with E-state index in [0.29, 0.717) is 25.1 Å². The van der Waals surface area contributed by atoms with E-state index in [1.165, 1.54) is 12.1 Å². The molecule has 2 unspecified atom stereocenters. The summed E-state index contributed by atoms with van der Waals surface area (Å²) < 4.78 is 18.8. The Morgan fingerprint density at radius 2 is 2.42 bits per heavy atom. The van der Waals surface area contributed by atoms with Gasteiger partial charge in [-0.2, -0.15) is 0 Å². The van der Waals surface area contributed by atoms with Crippen molar-refractivity contribution in [2.24, 2.45) is 5.73 Å². The minimum Gasteiger partial charge on any atom is -0.490 e. The lowest BCUT2D eigenvalue weighted by atomic mass is 9.96. The molecule has 1 aliphatic carbocycles. The summed E-state index contributed by atoms with van der Waals surface area (Å²) in [5.41, 5.74) is 4.79. The molecule has 3 N–H and O–H groups in total. The minimum absolute atomic E-state index is 0.117. The fraction of sp³-hybridized carbons (Fsp3) is 0.500. The zero-order valence-electron chi connectivity index (χ0n) is 11.0. The largest absolute Gasteiger partial charge is 0.490 e. The van der Waals surface area contributed by atoms with E-state index < -0.39 is 5.54 Å². The maximum Gasteiger partial charge on any atom is 0.237 e. The lowest BCUT2D eigenvalue weighted by Gasteiger charge is -2.26. The molecule has 1 amide bonds. The quantitative estimate of drug-likeness (QED) is 0.850. The Hall–Kier alpha value is -1.62. The standard InChI is InChI=1S/C14H19FN2O2/c1-2-17-14(13(16)18)7-6-12(9-14)19-11-5-3-4-10(15)8-11/h3-5,8,12,17H,2,6-7,9H2,1H3,(H2,16,18). The van der Waals surface area contributed by atoms with Crippen LogP contribution >= 0.6 is 0 Å². The number of hydrogen-bond donors (Lipinski definition) is 2. The molecular formula is C14H19FN2O2. The van der Waals surface area contributed by atoms with Crippen LogP contribution in [0.25, 0.3) is 0 Å². The molecule has 5 heteroatoms. The number of hydrogen-bond acceptors (Lipinski definition) is 3. The average Bonchev–Trinajstić information content (AvgIpc) is 2.74. The van der Waals surface area contributed by atoms with Gasteiger partial charge in [0.05, 0.1) is 0 Å². The number of amides is 1. The molecule has 104 valence electrons. The number of carbonyl (C=O) groups excluding carboxylic acids is 1. The molecule has 1 aliphatic rings. The molecule has 0 spiro atoms. The molecular weight excluding hydrogens is 247 g/mol. The normalized spacial score (nSPS) is 26.3. The van der Waals surface area contributed by atoms with Crippen molar-refractivity contribution in [3.05, 3.63) is 30.1 Å². The number of nitrogens with two attached hydrogens (primary N) is 1. The van der Waals surface area contributed by atoms with Crippen LogP contribution in [0.4, 0.5) is 4.39 Å². The SMILES string of the molecule is CCNC1(C(N)=O)CCC(Oc2cccc(F)c2)C1. The number of rotatable bonds is 5. The number of nitrogens with one attached hydrogen (secondary N) is 1. The molecule has 4 nitrogen and oxygen atoms in total. The van der Waals surface area contributed by atoms with E-state index >= 15 is 0 Å². The number of carbonyl (C=O) groups is 1. The fourth-order valence-electron chi connectivity index (χ4n) is 2.64. The Morgan fingerprint density at radius 1 is 1.63 bits per heavy atom. The van der Waals surface area contributed by atoms with Gasteiger partial charge in [-0.05, 0) is 31.5 Å². The summed E-state index contributed by atoms with van der Waals surface area (Å²) in [7, 11) is 0. The lowest BCUT2D eigenvalue weighted by Crippen LogP contribution is -2.54. The highest BCUT2D eigenvalue weighted by molar-refractivity contribution is 5.85. The van der Waals surface area contributed by atoms with Crippen molar-refractivity contribution in [3.63, 3.8) is 0 Å². The number of primary amides is 1. The first-order valence-electron chi connectivity index (χ1n) is 6.53. The molecule has 1 fully saturated rings. The van der Waals surface area contributed by atoms with Gasteiger partial charge in [-0.1, -0.05) is 13.0 Å². The molecule has 0 aromatic heterocycles. The van der Waals surface area contributed by atoms with E-state index in [2.05, 4.69) is 5.32 Å². The summed E-state index contributed by atoms with van der Waals surface area (Å²) in [5, 5.41) is 3.16. The zero-order chi connectivity index (χ0) is 13.9. The number of ether oxygens (including phenoxy) is 1. The van der Waals surface area contributed by atoms with Crippen molar-refractivity contribution in [3.8, 4) is 5.75 Å². The molecule has 1 aromatic carbocycles. The van der Waals surface area contributed by atoms with E-state index in [1.54, 1.807) is 12.1 Å². The van der Waals surface area contributed by atoms with Gasteiger partial charge in [0.25, 0.3) is 0 Å². The highest BCUT2D eigenvalue weighted by Gasteiger charge is 2.44. The van der Waals surface area contributed by atoms with Gasteiger partial charge in [-0.15, -0.1) is 0 Å². The predicted molar refractivity (Wildman–Crippen MR) is 70.3 cm³/mol. The monoisotopic (exact) mass is 266 g/mol. The summed E-state index contributed by atoms with van der Waals surface area (Å²) >= 11 is 0. The summed E-state index contributed by atoms with van der Waals surface area (Å²) in [6.45, 7) is 2.61. The zero-order valence-corrected chi connectivity index (χ0v) is 11.0. The first-order chi connectivity index (χ1) is 9.05. The van der Waals surface area contributed by atoms with Crippen LogP contribution < -0.4 is 15.8 Å². The number of halogens is 1. The first-order valence-corrected chi connectivity index (χ1v) is 6.53. The average molecular weight is 266 g/mol. The van der Waals surface area contributed by atoms with Gasteiger partial charge in [0, 0.05) is 12.5 Å². The molecule has 0 bridgehead atoms. The highest BCUT2D eigenvalue weighted by atomic mass is 19.1. The summed E-state index contributed by atoms with van der Waals surface area (Å²) in [5.74, 6) is -0.190. The van der Waals surface area contributed by atoms with Gasteiger partial charge in [-0.25, -0.2) is 4.39 Å². The van der Waals surface area contributed by atoms with Crippen LogP contribution in [0.3, 0.4) is 0 Å². The third-order valence-electron chi connectivity index (χ3n) is 3.55. The van der Waals surface area contributed by atoms with Crippen molar-refractivity contribution in [2.75, 3.05) is 6.54 Å². The fourth-order valence-corrected chi connectivity index (χ4v) is 2.64. The predicted octanol–water partition coefficient (Wildman–Crippen LogP) is 1.59. The maximum absolute atomic E-state index is 13.1. The van der Waals surface area contributed by atoms with E-state index in [1.807, 2.05) is 6.92 Å². The topological polar surface area (TPSA) is 64.3 Å². The van der Waals surface area contributed by atoms with Gasteiger partial charge in [0.15, 0.2) is 0 Å². The van der Waals surface area contributed by atoms with Crippen molar-refractivity contribution < 1.29 is 13.9 Å². The maximum atomic E-state index is 13.1. The molecule has 2 rings (SSSR count).